The van der Waals surface area contributed by atoms with Gasteiger partial charge in [0.05, 0.1) is 0 Å². The van der Waals surface area contributed by atoms with Crippen molar-refractivity contribution in [2.24, 2.45) is 10.8 Å². The van der Waals surface area contributed by atoms with Gasteiger partial charge in [0.2, 0.25) is 0 Å². The molecule has 0 radical (unpaired) electrons. The molecule has 10 heavy (non-hydrogen) atoms. The highest BCUT2D eigenvalue weighted by atomic mass is 32.1. The zero-order valence-corrected chi connectivity index (χ0v) is 6.74. The molecule has 0 unspecified atom stereocenters. The highest BCUT2D eigenvalue weighted by Crippen LogP contribution is 1.66. The summed E-state index contributed by atoms with van der Waals surface area (Å²) in [5.74, 6) is 0. The summed E-state index contributed by atoms with van der Waals surface area (Å²) in [6, 6.07) is 0. The number of nitrogens with zero attached hydrogens (tertiary/aromatic N) is 1. The SMILES string of the molecule is CNC(=S)NN=CCCN. The molecule has 0 fully saturated rings. The minimum absolute atomic E-state index is 0.508. The second-order valence-electron chi connectivity index (χ2n) is 1.58. The average molecular weight is 160 g/mol. The first-order valence-electron chi connectivity index (χ1n) is 3.00. The fraction of sp³-hybridized carbons (Fsp3) is 0.600. The lowest BCUT2D eigenvalue weighted by Crippen LogP contribution is -2.28. The van der Waals surface area contributed by atoms with Gasteiger partial charge in [0.1, 0.15) is 0 Å². The van der Waals surface area contributed by atoms with Crippen LogP contribution in [0.5, 0.6) is 0 Å². The Bertz CT molecular complexity index is 123. The molecule has 0 aliphatic rings. The van der Waals surface area contributed by atoms with Crippen LogP contribution in [0.25, 0.3) is 0 Å². The summed E-state index contributed by atoms with van der Waals surface area (Å²) in [7, 11) is 1.73. The molecule has 0 aliphatic carbocycles. The molecule has 0 aliphatic heterocycles. The van der Waals surface area contributed by atoms with Crippen LogP contribution in [-0.4, -0.2) is 24.9 Å². The van der Waals surface area contributed by atoms with Crippen LogP contribution in [0.2, 0.25) is 0 Å². The number of hydrogen-bond donors (Lipinski definition) is 3. The molecule has 0 saturated carbocycles. The van der Waals surface area contributed by atoms with Crippen LogP contribution in [-0.2, 0) is 0 Å². The van der Waals surface area contributed by atoms with Gasteiger partial charge in [-0.05, 0) is 25.2 Å². The zero-order chi connectivity index (χ0) is 7.82. The van der Waals surface area contributed by atoms with Crippen molar-refractivity contribution in [3.63, 3.8) is 0 Å². The third-order valence-corrected chi connectivity index (χ3v) is 1.08. The van der Waals surface area contributed by atoms with E-state index in [2.05, 4.69) is 15.8 Å². The summed E-state index contributed by atoms with van der Waals surface area (Å²) in [5.41, 5.74) is 7.81. The molecule has 4 nitrogen and oxygen atoms in total. The molecule has 0 amide bonds. The summed E-state index contributed by atoms with van der Waals surface area (Å²) in [4.78, 5) is 0. The van der Waals surface area contributed by atoms with E-state index in [1.54, 1.807) is 13.3 Å². The summed E-state index contributed by atoms with van der Waals surface area (Å²) < 4.78 is 0. The number of nitrogens with one attached hydrogen (secondary N) is 2. The van der Waals surface area contributed by atoms with E-state index in [0.29, 0.717) is 11.7 Å². The third-order valence-electron chi connectivity index (χ3n) is 0.780. The molecule has 0 heterocycles. The molecule has 0 aromatic carbocycles. The minimum atomic E-state index is 0.508. The van der Waals surface area contributed by atoms with E-state index >= 15 is 0 Å². The molecule has 0 bridgehead atoms. The van der Waals surface area contributed by atoms with Crippen molar-refractivity contribution in [2.75, 3.05) is 13.6 Å². The molecule has 0 aromatic heterocycles. The van der Waals surface area contributed by atoms with Crippen molar-refractivity contribution >= 4 is 23.5 Å². The lowest BCUT2D eigenvalue weighted by atomic mass is 10.5. The van der Waals surface area contributed by atoms with Crippen molar-refractivity contribution in [2.45, 2.75) is 6.42 Å². The Morgan fingerprint density at radius 2 is 2.50 bits per heavy atom. The van der Waals surface area contributed by atoms with Crippen LogP contribution in [0, 0.1) is 0 Å². The van der Waals surface area contributed by atoms with Gasteiger partial charge in [0.25, 0.3) is 0 Å². The lowest BCUT2D eigenvalue weighted by molar-refractivity contribution is 0.962. The van der Waals surface area contributed by atoms with Crippen molar-refractivity contribution in [3.8, 4) is 0 Å². The topological polar surface area (TPSA) is 62.4 Å². The quantitative estimate of drug-likeness (QED) is 0.293. The Labute approximate surface area is 65.9 Å². The summed E-state index contributed by atoms with van der Waals surface area (Å²) in [6.07, 6.45) is 2.45. The fourth-order valence-electron chi connectivity index (χ4n) is 0.299. The van der Waals surface area contributed by atoms with E-state index in [4.69, 9.17) is 18.0 Å². The van der Waals surface area contributed by atoms with E-state index in [9.17, 15) is 0 Å². The van der Waals surface area contributed by atoms with Crippen molar-refractivity contribution in [1.29, 1.82) is 0 Å². The molecule has 0 rings (SSSR count). The summed E-state index contributed by atoms with van der Waals surface area (Å²) in [5, 5.41) is 7.00. The van der Waals surface area contributed by atoms with E-state index in [-0.39, 0.29) is 0 Å². The smallest absolute Gasteiger partial charge is 0.186 e. The number of hydrogen-bond acceptors (Lipinski definition) is 3. The van der Waals surface area contributed by atoms with Crippen LogP contribution in [0.1, 0.15) is 6.42 Å². The molecule has 0 spiro atoms. The molecule has 0 atom stereocenters. The van der Waals surface area contributed by atoms with Crippen molar-refractivity contribution in [1.82, 2.24) is 10.7 Å². The van der Waals surface area contributed by atoms with E-state index in [0.717, 1.165) is 6.42 Å². The van der Waals surface area contributed by atoms with E-state index in [1.165, 1.54) is 0 Å². The van der Waals surface area contributed by atoms with Crippen molar-refractivity contribution in [3.05, 3.63) is 0 Å². The Morgan fingerprint density at radius 3 is 3.00 bits per heavy atom. The lowest BCUT2D eigenvalue weighted by Gasteiger charge is -1.98. The van der Waals surface area contributed by atoms with Gasteiger partial charge in [0, 0.05) is 13.3 Å². The molecule has 5 heteroatoms. The van der Waals surface area contributed by atoms with Crippen LogP contribution in [0.15, 0.2) is 5.10 Å². The number of hydrazone groups is 1. The minimum Gasteiger partial charge on any atom is -0.364 e. The molecule has 58 valence electrons. The maximum atomic E-state index is 5.21. The first-order valence-corrected chi connectivity index (χ1v) is 3.41. The van der Waals surface area contributed by atoms with Gasteiger partial charge in [0.15, 0.2) is 5.11 Å². The Hall–Kier alpha value is -0.680. The monoisotopic (exact) mass is 160 g/mol. The van der Waals surface area contributed by atoms with Gasteiger partial charge < -0.3 is 11.1 Å². The largest absolute Gasteiger partial charge is 0.364 e. The van der Waals surface area contributed by atoms with Gasteiger partial charge in [-0.25, -0.2) is 0 Å². The Kier molecular flexibility index (Phi) is 6.00. The van der Waals surface area contributed by atoms with Crippen LogP contribution in [0.4, 0.5) is 0 Å². The number of thiocarbonyl (C=S) groups is 1. The summed E-state index contributed by atoms with van der Waals surface area (Å²) in [6.45, 7) is 0.609. The fourth-order valence-corrected chi connectivity index (χ4v) is 0.352. The highest BCUT2D eigenvalue weighted by Gasteiger charge is 1.82. The molecular formula is C5H12N4S. The molecular weight excluding hydrogens is 148 g/mol. The maximum absolute atomic E-state index is 5.21. The van der Waals surface area contributed by atoms with Crippen LogP contribution < -0.4 is 16.5 Å². The predicted octanol–water partition coefficient (Wildman–Crippen LogP) is -0.585. The highest BCUT2D eigenvalue weighted by molar-refractivity contribution is 7.80. The second-order valence-corrected chi connectivity index (χ2v) is 1.99. The zero-order valence-electron chi connectivity index (χ0n) is 5.92. The van der Waals surface area contributed by atoms with Crippen LogP contribution >= 0.6 is 12.2 Å². The second kappa shape index (κ2) is 6.44. The van der Waals surface area contributed by atoms with Gasteiger partial charge in [-0.2, -0.15) is 5.10 Å². The molecule has 0 aromatic rings. The standard InChI is InChI=1S/C5H12N4S/c1-7-5(10)9-8-4-2-3-6/h4H,2-3,6H2,1H3,(H2,7,9,10). The number of rotatable bonds is 3. The van der Waals surface area contributed by atoms with E-state index in [1.807, 2.05) is 0 Å². The maximum Gasteiger partial charge on any atom is 0.186 e. The Balaban J connectivity index is 3.25. The normalized spacial score (nSPS) is 9.80. The van der Waals surface area contributed by atoms with Gasteiger partial charge in [-0.3, -0.25) is 5.43 Å². The first-order chi connectivity index (χ1) is 4.81. The van der Waals surface area contributed by atoms with E-state index < -0.39 is 0 Å². The molecule has 0 saturated heterocycles. The van der Waals surface area contributed by atoms with Crippen molar-refractivity contribution < 1.29 is 0 Å². The summed E-state index contributed by atoms with van der Waals surface area (Å²) >= 11 is 4.74. The van der Waals surface area contributed by atoms with Crippen LogP contribution in [0.3, 0.4) is 0 Å². The predicted molar refractivity (Wildman–Crippen MR) is 47.0 cm³/mol. The third kappa shape index (κ3) is 5.46. The van der Waals surface area contributed by atoms with Gasteiger partial charge in [-0.1, -0.05) is 0 Å². The Morgan fingerprint density at radius 1 is 1.80 bits per heavy atom. The van der Waals surface area contributed by atoms with Gasteiger partial charge in [-0.15, -0.1) is 0 Å². The molecule has 4 N–H and O–H groups in total. The average Bonchev–Trinajstić information content (AvgIpc) is 1.98. The first kappa shape index (κ1) is 9.32. The van der Waals surface area contributed by atoms with Gasteiger partial charge >= 0.3 is 0 Å². The number of nitrogens with two attached hydrogens (primary N) is 1.